The summed E-state index contributed by atoms with van der Waals surface area (Å²) in [6.07, 6.45) is 6.77. The van der Waals surface area contributed by atoms with E-state index in [1.807, 2.05) is 6.07 Å². The molecule has 2 saturated carbocycles. The lowest BCUT2D eigenvalue weighted by Gasteiger charge is -2.51. The summed E-state index contributed by atoms with van der Waals surface area (Å²) >= 11 is 0. The lowest BCUT2D eigenvalue weighted by atomic mass is 9.53. The molecule has 0 aliphatic heterocycles. The molecule has 1 aromatic carbocycles. The molecule has 5 unspecified atom stereocenters. The highest BCUT2D eigenvalue weighted by Gasteiger charge is 2.54. The van der Waals surface area contributed by atoms with E-state index < -0.39 is 0 Å². The molecule has 0 amide bonds. The molecule has 4 rings (SSSR count). The maximum absolute atomic E-state index is 10.2. The van der Waals surface area contributed by atoms with E-state index in [0.29, 0.717) is 28.7 Å². The van der Waals surface area contributed by atoms with E-state index in [2.05, 4.69) is 26.8 Å². The molecular weight excluding hydrogens is 284 g/mol. The van der Waals surface area contributed by atoms with Crippen molar-refractivity contribution in [3.8, 4) is 11.5 Å². The first-order valence-corrected chi connectivity index (χ1v) is 9.36. The van der Waals surface area contributed by atoms with Crippen molar-refractivity contribution < 1.29 is 9.84 Å². The van der Waals surface area contributed by atoms with Crippen LogP contribution in [0.1, 0.15) is 75.8 Å². The number of phenolic OH excluding ortho intramolecular Hbond substituents is 1. The summed E-state index contributed by atoms with van der Waals surface area (Å²) in [5, 5.41) is 10.2. The molecule has 3 aliphatic rings. The summed E-state index contributed by atoms with van der Waals surface area (Å²) < 4.78 is 5.40. The molecule has 0 aromatic heterocycles. The average molecular weight is 314 g/mol. The van der Waals surface area contributed by atoms with E-state index >= 15 is 0 Å². The molecule has 0 bridgehead atoms. The van der Waals surface area contributed by atoms with Crippen molar-refractivity contribution in [1.82, 2.24) is 0 Å². The molecule has 2 nitrogen and oxygen atoms in total. The van der Waals surface area contributed by atoms with E-state index in [4.69, 9.17) is 4.74 Å². The van der Waals surface area contributed by atoms with Crippen LogP contribution < -0.4 is 4.74 Å². The number of phenols is 1. The van der Waals surface area contributed by atoms with Crippen molar-refractivity contribution >= 4 is 0 Å². The van der Waals surface area contributed by atoms with Gasteiger partial charge in [0.15, 0.2) is 11.5 Å². The summed E-state index contributed by atoms with van der Waals surface area (Å²) in [7, 11) is 1.65. The number of fused-ring (bicyclic) bond motifs is 5. The molecule has 0 heterocycles. The van der Waals surface area contributed by atoms with Crippen LogP contribution in [0.4, 0.5) is 0 Å². The Morgan fingerprint density at radius 2 is 1.91 bits per heavy atom. The highest BCUT2D eigenvalue weighted by atomic mass is 16.5. The summed E-state index contributed by atoms with van der Waals surface area (Å²) in [5.41, 5.74) is 3.38. The van der Waals surface area contributed by atoms with Gasteiger partial charge in [0, 0.05) is 0 Å². The van der Waals surface area contributed by atoms with Crippen LogP contribution >= 0.6 is 0 Å². The maximum atomic E-state index is 10.2. The maximum Gasteiger partial charge on any atom is 0.160 e. The Hall–Kier alpha value is -1.18. The minimum atomic E-state index is 0.298. The first-order valence-electron chi connectivity index (χ1n) is 9.36. The van der Waals surface area contributed by atoms with Gasteiger partial charge in [0.05, 0.1) is 7.11 Å². The third-order valence-electron chi connectivity index (χ3n) is 7.85. The first-order chi connectivity index (χ1) is 11.0. The highest BCUT2D eigenvalue weighted by molar-refractivity contribution is 5.50. The van der Waals surface area contributed by atoms with Gasteiger partial charge in [0.25, 0.3) is 0 Å². The van der Waals surface area contributed by atoms with Gasteiger partial charge in [-0.15, -0.1) is 0 Å². The normalized spacial score (nSPS) is 41.8. The number of hydrogen-bond donors (Lipinski definition) is 1. The van der Waals surface area contributed by atoms with Crippen molar-refractivity contribution in [3.63, 3.8) is 0 Å². The van der Waals surface area contributed by atoms with E-state index in [1.165, 1.54) is 43.2 Å². The minimum Gasteiger partial charge on any atom is -0.504 e. The largest absolute Gasteiger partial charge is 0.504 e. The standard InChI is InChI=1S/C21H30O2/c1-12-9-17-14(7-8-21(3)13(2)5-6-18(17)21)16-11-20(23-4)19(22)10-15(12)16/h10-14,17-18,22H,5-9H2,1-4H3/t12?,13?,14?,17?,18?,21-/m1/s1. The molecule has 126 valence electrons. The Morgan fingerprint density at radius 1 is 1.13 bits per heavy atom. The second-order valence-electron chi connectivity index (χ2n) is 8.69. The fraction of sp³-hybridized carbons (Fsp3) is 0.714. The van der Waals surface area contributed by atoms with Gasteiger partial charge in [-0.2, -0.15) is 0 Å². The molecule has 0 spiro atoms. The SMILES string of the molecule is COc1cc2c(cc1O)C(C)CC1C2CC[C@]2(C)C(C)CCC12. The minimum absolute atomic E-state index is 0.298. The van der Waals surface area contributed by atoms with Crippen molar-refractivity contribution in [2.45, 2.75) is 64.7 Å². The zero-order chi connectivity index (χ0) is 16.4. The highest BCUT2D eigenvalue weighted by Crippen LogP contribution is 2.64. The van der Waals surface area contributed by atoms with Gasteiger partial charge in [0.2, 0.25) is 0 Å². The van der Waals surface area contributed by atoms with E-state index in [9.17, 15) is 5.11 Å². The van der Waals surface area contributed by atoms with Crippen LogP contribution in [-0.4, -0.2) is 12.2 Å². The van der Waals surface area contributed by atoms with Crippen LogP contribution in [0.5, 0.6) is 11.5 Å². The Balaban J connectivity index is 1.77. The smallest absolute Gasteiger partial charge is 0.160 e. The van der Waals surface area contributed by atoms with Gasteiger partial charge in [0.1, 0.15) is 0 Å². The Labute approximate surface area is 140 Å². The fourth-order valence-corrected chi connectivity index (χ4v) is 6.31. The predicted molar refractivity (Wildman–Crippen MR) is 93.2 cm³/mol. The van der Waals surface area contributed by atoms with Crippen molar-refractivity contribution in [2.75, 3.05) is 7.11 Å². The average Bonchev–Trinajstić information content (AvgIpc) is 2.83. The van der Waals surface area contributed by atoms with E-state index in [-0.39, 0.29) is 0 Å². The number of aromatic hydroxyl groups is 1. The molecule has 2 heteroatoms. The molecule has 0 radical (unpaired) electrons. The van der Waals surface area contributed by atoms with Gasteiger partial charge in [-0.3, -0.25) is 0 Å². The third kappa shape index (κ3) is 2.06. The van der Waals surface area contributed by atoms with Crippen molar-refractivity contribution in [2.24, 2.45) is 23.2 Å². The summed E-state index contributed by atoms with van der Waals surface area (Å²) in [4.78, 5) is 0. The van der Waals surface area contributed by atoms with Crippen LogP contribution in [0.3, 0.4) is 0 Å². The van der Waals surface area contributed by atoms with Crippen LogP contribution in [0, 0.1) is 23.2 Å². The summed E-state index contributed by atoms with van der Waals surface area (Å²) in [6.45, 7) is 7.37. The summed E-state index contributed by atoms with van der Waals surface area (Å²) in [6, 6.07) is 4.11. The van der Waals surface area contributed by atoms with Crippen LogP contribution in [0.15, 0.2) is 12.1 Å². The molecule has 6 atom stereocenters. The molecule has 2 fully saturated rings. The number of rotatable bonds is 1. The van der Waals surface area contributed by atoms with Gasteiger partial charge < -0.3 is 9.84 Å². The number of hydrogen-bond acceptors (Lipinski definition) is 2. The summed E-state index contributed by atoms with van der Waals surface area (Å²) in [5.74, 6) is 4.72. The quantitative estimate of drug-likeness (QED) is 0.746. The van der Waals surface area contributed by atoms with Crippen LogP contribution in [0.2, 0.25) is 0 Å². The Kier molecular flexibility index (Phi) is 3.44. The second-order valence-corrected chi connectivity index (χ2v) is 8.69. The second kappa shape index (κ2) is 5.16. The zero-order valence-electron chi connectivity index (χ0n) is 14.9. The fourth-order valence-electron chi connectivity index (χ4n) is 6.31. The predicted octanol–water partition coefficient (Wildman–Crippen LogP) is 5.45. The van der Waals surface area contributed by atoms with Gasteiger partial charge >= 0.3 is 0 Å². The van der Waals surface area contributed by atoms with Crippen LogP contribution in [-0.2, 0) is 0 Å². The molecule has 3 aliphatic carbocycles. The molecule has 1 N–H and O–H groups in total. The monoisotopic (exact) mass is 314 g/mol. The molecular formula is C21H30O2. The van der Waals surface area contributed by atoms with Gasteiger partial charge in [-0.1, -0.05) is 20.8 Å². The Bertz CT molecular complexity index is 623. The lowest BCUT2D eigenvalue weighted by Crippen LogP contribution is -2.42. The number of methoxy groups -OCH3 is 1. The van der Waals surface area contributed by atoms with Crippen molar-refractivity contribution in [1.29, 1.82) is 0 Å². The zero-order valence-corrected chi connectivity index (χ0v) is 14.9. The van der Waals surface area contributed by atoms with Crippen molar-refractivity contribution in [3.05, 3.63) is 23.3 Å². The third-order valence-corrected chi connectivity index (χ3v) is 7.85. The Morgan fingerprint density at radius 3 is 2.65 bits per heavy atom. The topological polar surface area (TPSA) is 29.5 Å². The molecule has 0 saturated heterocycles. The first kappa shape index (κ1) is 15.4. The van der Waals surface area contributed by atoms with Gasteiger partial charge in [-0.05, 0) is 90.4 Å². The van der Waals surface area contributed by atoms with Gasteiger partial charge in [-0.25, -0.2) is 0 Å². The van der Waals surface area contributed by atoms with E-state index in [0.717, 1.165) is 17.8 Å². The molecule has 23 heavy (non-hydrogen) atoms. The number of benzene rings is 1. The van der Waals surface area contributed by atoms with Crippen LogP contribution in [0.25, 0.3) is 0 Å². The molecule has 1 aromatic rings. The number of ether oxygens (including phenoxy) is 1. The van der Waals surface area contributed by atoms with E-state index in [1.54, 1.807) is 7.11 Å². The lowest BCUT2D eigenvalue weighted by molar-refractivity contribution is 0.0297.